The molecule has 0 bridgehead atoms. The van der Waals surface area contributed by atoms with Crippen LogP contribution in [0.2, 0.25) is 0 Å². The number of nitrogens with one attached hydrogen (secondary N) is 1. The van der Waals surface area contributed by atoms with Gasteiger partial charge in [-0.3, -0.25) is 9.59 Å². The Balaban J connectivity index is 2.16. The number of ether oxygens (including phenoxy) is 1. The normalized spacial score (nSPS) is 12.6. The van der Waals surface area contributed by atoms with E-state index in [2.05, 4.69) is 12.2 Å². The molecule has 1 N–H and O–H groups in total. The third-order valence-electron chi connectivity index (χ3n) is 4.10. The van der Waals surface area contributed by atoms with E-state index < -0.39 is 0 Å². The van der Waals surface area contributed by atoms with Gasteiger partial charge >= 0.3 is 0 Å². The summed E-state index contributed by atoms with van der Waals surface area (Å²) in [5.74, 6) is 0.146. The molecule has 0 saturated carbocycles. The van der Waals surface area contributed by atoms with Gasteiger partial charge in [0.25, 0.3) is 0 Å². The predicted octanol–water partition coefficient (Wildman–Crippen LogP) is 3.68. The molecule has 0 heterocycles. The zero-order valence-corrected chi connectivity index (χ0v) is 13.3. The van der Waals surface area contributed by atoms with E-state index in [0.29, 0.717) is 33.7 Å². The van der Waals surface area contributed by atoms with Crippen molar-refractivity contribution in [1.29, 1.82) is 0 Å². The largest absolute Gasteiger partial charge is 0.496 e. The lowest BCUT2D eigenvalue weighted by Gasteiger charge is -2.22. The van der Waals surface area contributed by atoms with Crippen LogP contribution in [0.4, 0.5) is 5.69 Å². The van der Waals surface area contributed by atoms with E-state index in [9.17, 15) is 9.59 Å². The number of methoxy groups -OCH3 is 1. The lowest BCUT2D eigenvalue weighted by molar-refractivity contribution is 0.0977. The summed E-state index contributed by atoms with van der Waals surface area (Å²) in [6.07, 6.45) is 2.06. The Hall–Kier alpha value is -2.62. The van der Waals surface area contributed by atoms with Gasteiger partial charge < -0.3 is 10.1 Å². The lowest BCUT2D eigenvalue weighted by Crippen LogP contribution is -2.23. The van der Waals surface area contributed by atoms with Gasteiger partial charge in [0.05, 0.1) is 18.2 Å². The number of carbonyl (C=O) groups excluding carboxylic acids is 2. The van der Waals surface area contributed by atoms with Gasteiger partial charge in [-0.15, -0.1) is 0 Å². The molecule has 0 aliphatic heterocycles. The number of unbranched alkanes of at least 4 members (excludes halogenated alkanes) is 1. The molecule has 0 atom stereocenters. The molecule has 1 aliphatic rings. The molecular weight excluding hydrogens is 290 g/mol. The zero-order chi connectivity index (χ0) is 16.4. The van der Waals surface area contributed by atoms with Gasteiger partial charge in [0.1, 0.15) is 5.75 Å². The van der Waals surface area contributed by atoms with Crippen LogP contribution in [0.5, 0.6) is 5.75 Å². The topological polar surface area (TPSA) is 55.4 Å². The number of ketones is 2. The highest BCUT2D eigenvalue weighted by Gasteiger charge is 2.34. The Kier molecular flexibility index (Phi) is 4.15. The zero-order valence-electron chi connectivity index (χ0n) is 13.3. The first-order valence-corrected chi connectivity index (χ1v) is 7.82. The van der Waals surface area contributed by atoms with Crippen LogP contribution < -0.4 is 10.1 Å². The van der Waals surface area contributed by atoms with Gasteiger partial charge in [-0.05, 0) is 18.6 Å². The molecule has 118 valence electrons. The summed E-state index contributed by atoms with van der Waals surface area (Å²) < 4.78 is 5.33. The average Bonchev–Trinajstić information content (AvgIpc) is 2.59. The van der Waals surface area contributed by atoms with E-state index >= 15 is 0 Å². The Morgan fingerprint density at radius 1 is 0.957 bits per heavy atom. The number of fused-ring (bicyclic) bond motifs is 2. The summed E-state index contributed by atoms with van der Waals surface area (Å²) in [6, 6.07) is 10.5. The number of anilines is 1. The number of rotatable bonds is 5. The molecule has 0 aromatic heterocycles. The van der Waals surface area contributed by atoms with Crippen molar-refractivity contribution in [2.75, 3.05) is 19.0 Å². The fraction of sp³-hybridized carbons (Fsp3) is 0.263. The van der Waals surface area contributed by atoms with Crippen molar-refractivity contribution in [2.45, 2.75) is 19.8 Å². The maximum atomic E-state index is 12.9. The molecule has 2 aromatic carbocycles. The van der Waals surface area contributed by atoms with Crippen LogP contribution in [0.1, 0.15) is 51.6 Å². The SMILES string of the molecule is CCCCNc1ccc(OC)c2c1C(=O)c1ccccc1C2=O. The summed E-state index contributed by atoms with van der Waals surface area (Å²) in [5.41, 5.74) is 2.37. The van der Waals surface area contributed by atoms with Gasteiger partial charge in [0.15, 0.2) is 11.6 Å². The van der Waals surface area contributed by atoms with Gasteiger partial charge in [0.2, 0.25) is 0 Å². The first kappa shape index (κ1) is 15.3. The summed E-state index contributed by atoms with van der Waals surface area (Å²) in [6.45, 7) is 2.87. The van der Waals surface area contributed by atoms with Crippen molar-refractivity contribution in [1.82, 2.24) is 0 Å². The summed E-state index contributed by atoms with van der Waals surface area (Å²) in [5, 5.41) is 3.28. The number of carbonyl (C=O) groups is 2. The van der Waals surface area contributed by atoms with Crippen LogP contribution in [0.25, 0.3) is 0 Å². The molecule has 0 fully saturated rings. The number of hydrogen-bond donors (Lipinski definition) is 1. The van der Waals surface area contributed by atoms with Gasteiger partial charge in [-0.2, -0.15) is 0 Å². The second kappa shape index (κ2) is 6.24. The van der Waals surface area contributed by atoms with Crippen molar-refractivity contribution >= 4 is 17.3 Å². The molecule has 0 unspecified atom stereocenters. The minimum atomic E-state index is -0.161. The lowest BCUT2D eigenvalue weighted by atomic mass is 9.82. The highest BCUT2D eigenvalue weighted by atomic mass is 16.5. The summed E-state index contributed by atoms with van der Waals surface area (Å²) >= 11 is 0. The maximum Gasteiger partial charge on any atom is 0.198 e. The first-order chi connectivity index (χ1) is 11.2. The Morgan fingerprint density at radius 2 is 1.61 bits per heavy atom. The second-order valence-corrected chi connectivity index (χ2v) is 5.55. The Morgan fingerprint density at radius 3 is 2.22 bits per heavy atom. The minimum Gasteiger partial charge on any atom is -0.496 e. The van der Waals surface area contributed by atoms with Crippen molar-refractivity contribution in [3.05, 3.63) is 58.7 Å². The van der Waals surface area contributed by atoms with Crippen LogP contribution in [0.3, 0.4) is 0 Å². The average molecular weight is 309 g/mol. The van der Waals surface area contributed by atoms with Crippen molar-refractivity contribution in [3.8, 4) is 5.75 Å². The van der Waals surface area contributed by atoms with Gasteiger partial charge in [0, 0.05) is 23.4 Å². The smallest absolute Gasteiger partial charge is 0.198 e. The quantitative estimate of drug-likeness (QED) is 0.730. The highest BCUT2D eigenvalue weighted by molar-refractivity contribution is 6.31. The molecule has 2 aromatic rings. The Labute approximate surface area is 135 Å². The van der Waals surface area contributed by atoms with Crippen LogP contribution in [-0.4, -0.2) is 25.2 Å². The number of benzene rings is 2. The molecule has 0 spiro atoms. The minimum absolute atomic E-state index is 0.131. The molecule has 0 amide bonds. The first-order valence-electron chi connectivity index (χ1n) is 7.82. The summed E-state index contributed by atoms with van der Waals surface area (Å²) in [7, 11) is 1.51. The van der Waals surface area contributed by atoms with E-state index in [1.807, 2.05) is 6.07 Å². The van der Waals surface area contributed by atoms with Crippen molar-refractivity contribution in [3.63, 3.8) is 0 Å². The standard InChI is InChI=1S/C19H19NO3/c1-3-4-11-20-14-9-10-15(23-2)17-16(14)18(21)12-7-5-6-8-13(12)19(17)22/h5-10,20H,3-4,11H2,1-2H3. The van der Waals surface area contributed by atoms with E-state index in [-0.39, 0.29) is 11.6 Å². The Bertz CT molecular complexity index is 780. The van der Waals surface area contributed by atoms with E-state index in [4.69, 9.17) is 4.74 Å². The molecular formula is C19H19NO3. The van der Waals surface area contributed by atoms with Crippen LogP contribution >= 0.6 is 0 Å². The van der Waals surface area contributed by atoms with E-state index in [1.54, 1.807) is 30.3 Å². The molecule has 1 aliphatic carbocycles. The third-order valence-corrected chi connectivity index (χ3v) is 4.10. The molecule has 4 heteroatoms. The molecule has 3 rings (SSSR count). The van der Waals surface area contributed by atoms with E-state index in [1.165, 1.54) is 7.11 Å². The molecule has 4 nitrogen and oxygen atoms in total. The molecule has 0 saturated heterocycles. The van der Waals surface area contributed by atoms with Crippen LogP contribution in [0.15, 0.2) is 36.4 Å². The highest BCUT2D eigenvalue weighted by Crippen LogP contribution is 2.37. The molecule has 23 heavy (non-hydrogen) atoms. The van der Waals surface area contributed by atoms with Crippen LogP contribution in [-0.2, 0) is 0 Å². The maximum absolute atomic E-state index is 12.9. The van der Waals surface area contributed by atoms with E-state index in [0.717, 1.165) is 19.4 Å². The monoisotopic (exact) mass is 309 g/mol. The second-order valence-electron chi connectivity index (χ2n) is 5.55. The fourth-order valence-electron chi connectivity index (χ4n) is 2.91. The van der Waals surface area contributed by atoms with Gasteiger partial charge in [-0.1, -0.05) is 37.6 Å². The molecule has 0 radical (unpaired) electrons. The van der Waals surface area contributed by atoms with Crippen molar-refractivity contribution < 1.29 is 14.3 Å². The fourth-order valence-corrected chi connectivity index (χ4v) is 2.91. The number of hydrogen-bond acceptors (Lipinski definition) is 4. The summed E-state index contributed by atoms with van der Waals surface area (Å²) in [4.78, 5) is 25.8. The van der Waals surface area contributed by atoms with Gasteiger partial charge in [-0.25, -0.2) is 0 Å². The van der Waals surface area contributed by atoms with Crippen LogP contribution in [0, 0.1) is 0 Å². The third kappa shape index (κ3) is 2.50. The predicted molar refractivity (Wildman–Crippen MR) is 89.7 cm³/mol. The van der Waals surface area contributed by atoms with Crippen molar-refractivity contribution in [2.24, 2.45) is 0 Å².